The van der Waals surface area contributed by atoms with Crippen LogP contribution in [0.5, 0.6) is 5.75 Å². The number of nitrogens with zero attached hydrogens (tertiary/aromatic N) is 2. The standard InChI is InChI=1S/C14H12N2O3S/c17-8-10-3-4-12(7-15-10)18-9-11-6-13(19-16-11)14-2-1-5-20-14/h1-7,17H,8-9H2. The summed E-state index contributed by atoms with van der Waals surface area (Å²) in [6.45, 7) is 0.239. The van der Waals surface area contributed by atoms with E-state index in [1.807, 2.05) is 23.6 Å². The van der Waals surface area contributed by atoms with E-state index in [-0.39, 0.29) is 6.61 Å². The van der Waals surface area contributed by atoms with Crippen molar-refractivity contribution < 1.29 is 14.4 Å². The zero-order valence-electron chi connectivity index (χ0n) is 10.5. The molecule has 3 aromatic heterocycles. The van der Waals surface area contributed by atoms with E-state index in [1.54, 1.807) is 29.7 Å². The monoisotopic (exact) mass is 288 g/mol. The van der Waals surface area contributed by atoms with Crippen LogP contribution in [0.4, 0.5) is 0 Å². The molecule has 0 amide bonds. The van der Waals surface area contributed by atoms with Gasteiger partial charge in [0.05, 0.1) is 23.4 Å². The maximum atomic E-state index is 8.90. The predicted molar refractivity (Wildman–Crippen MR) is 74.3 cm³/mol. The van der Waals surface area contributed by atoms with Crippen LogP contribution in [0.3, 0.4) is 0 Å². The van der Waals surface area contributed by atoms with E-state index in [2.05, 4.69) is 10.1 Å². The van der Waals surface area contributed by atoms with Gasteiger partial charge in [0.25, 0.3) is 0 Å². The lowest BCUT2D eigenvalue weighted by molar-refractivity contribution is 0.273. The second kappa shape index (κ2) is 5.85. The van der Waals surface area contributed by atoms with Crippen LogP contribution in [0.25, 0.3) is 10.6 Å². The van der Waals surface area contributed by atoms with Gasteiger partial charge in [-0.1, -0.05) is 11.2 Å². The lowest BCUT2D eigenvalue weighted by Crippen LogP contribution is -1.96. The van der Waals surface area contributed by atoms with Crippen LogP contribution >= 0.6 is 11.3 Å². The molecule has 0 fully saturated rings. The first-order valence-corrected chi connectivity index (χ1v) is 6.91. The van der Waals surface area contributed by atoms with Crippen molar-refractivity contribution in [2.24, 2.45) is 0 Å². The predicted octanol–water partition coefficient (Wildman–Crippen LogP) is 2.87. The molecule has 0 aliphatic carbocycles. The van der Waals surface area contributed by atoms with Gasteiger partial charge in [-0.05, 0) is 23.6 Å². The van der Waals surface area contributed by atoms with Crippen molar-refractivity contribution in [1.29, 1.82) is 0 Å². The summed E-state index contributed by atoms with van der Waals surface area (Å²) in [5.74, 6) is 1.37. The molecular formula is C14H12N2O3S. The number of aliphatic hydroxyl groups excluding tert-OH is 1. The van der Waals surface area contributed by atoms with Crippen molar-refractivity contribution in [3.8, 4) is 16.4 Å². The number of hydrogen-bond acceptors (Lipinski definition) is 6. The second-order valence-corrected chi connectivity index (χ2v) is 5.04. The van der Waals surface area contributed by atoms with Crippen molar-refractivity contribution in [2.75, 3.05) is 0 Å². The first-order valence-electron chi connectivity index (χ1n) is 6.03. The average Bonchev–Trinajstić information content (AvgIpc) is 3.16. The summed E-state index contributed by atoms with van der Waals surface area (Å²) in [5.41, 5.74) is 1.33. The van der Waals surface area contributed by atoms with Gasteiger partial charge in [-0.2, -0.15) is 0 Å². The van der Waals surface area contributed by atoms with E-state index in [0.717, 1.165) is 16.3 Å². The van der Waals surface area contributed by atoms with Gasteiger partial charge in [0.2, 0.25) is 0 Å². The van der Waals surface area contributed by atoms with Gasteiger partial charge >= 0.3 is 0 Å². The molecule has 102 valence electrons. The Morgan fingerprint density at radius 1 is 1.25 bits per heavy atom. The number of ether oxygens (including phenoxy) is 1. The Morgan fingerprint density at radius 2 is 2.20 bits per heavy atom. The number of thiophene rings is 1. The van der Waals surface area contributed by atoms with Crippen LogP contribution in [-0.4, -0.2) is 15.2 Å². The van der Waals surface area contributed by atoms with Crippen molar-refractivity contribution in [3.05, 3.63) is 53.3 Å². The van der Waals surface area contributed by atoms with E-state index in [0.29, 0.717) is 18.1 Å². The van der Waals surface area contributed by atoms with Gasteiger partial charge in [-0.15, -0.1) is 11.3 Å². The lowest BCUT2D eigenvalue weighted by Gasteiger charge is -2.03. The average molecular weight is 288 g/mol. The zero-order chi connectivity index (χ0) is 13.8. The Bertz CT molecular complexity index is 662. The molecule has 0 aromatic carbocycles. The molecule has 5 nitrogen and oxygen atoms in total. The first-order chi connectivity index (χ1) is 9.85. The third kappa shape index (κ3) is 2.87. The van der Waals surface area contributed by atoms with Gasteiger partial charge in [0, 0.05) is 6.07 Å². The minimum Gasteiger partial charge on any atom is -0.486 e. The molecule has 3 aromatic rings. The second-order valence-electron chi connectivity index (χ2n) is 4.09. The molecule has 0 bridgehead atoms. The lowest BCUT2D eigenvalue weighted by atomic mass is 10.3. The van der Waals surface area contributed by atoms with Crippen LogP contribution in [0.2, 0.25) is 0 Å². The van der Waals surface area contributed by atoms with Gasteiger partial charge < -0.3 is 14.4 Å². The quantitative estimate of drug-likeness (QED) is 0.782. The van der Waals surface area contributed by atoms with Crippen LogP contribution in [0, 0.1) is 0 Å². The van der Waals surface area contributed by atoms with E-state index < -0.39 is 0 Å². The Kier molecular flexibility index (Phi) is 3.76. The van der Waals surface area contributed by atoms with Gasteiger partial charge in [0.1, 0.15) is 18.1 Å². The molecule has 0 atom stereocenters. The van der Waals surface area contributed by atoms with Crippen molar-refractivity contribution in [2.45, 2.75) is 13.2 Å². The number of aromatic nitrogens is 2. The van der Waals surface area contributed by atoms with Crippen molar-refractivity contribution in [1.82, 2.24) is 10.1 Å². The molecule has 0 spiro atoms. The molecule has 0 aliphatic rings. The molecule has 0 saturated heterocycles. The molecule has 3 rings (SSSR count). The number of hydrogen-bond donors (Lipinski definition) is 1. The largest absolute Gasteiger partial charge is 0.486 e. The molecule has 0 radical (unpaired) electrons. The van der Waals surface area contributed by atoms with Crippen LogP contribution in [0.1, 0.15) is 11.4 Å². The van der Waals surface area contributed by atoms with Crippen molar-refractivity contribution in [3.63, 3.8) is 0 Å². The topological polar surface area (TPSA) is 68.4 Å². The molecule has 0 aliphatic heterocycles. The minimum absolute atomic E-state index is 0.0757. The molecule has 6 heteroatoms. The Balaban J connectivity index is 1.63. The Morgan fingerprint density at radius 3 is 2.90 bits per heavy atom. The molecular weight excluding hydrogens is 276 g/mol. The number of pyridine rings is 1. The zero-order valence-corrected chi connectivity index (χ0v) is 11.3. The summed E-state index contributed by atoms with van der Waals surface area (Å²) in [7, 11) is 0. The Labute approximate surface area is 119 Å². The Hall–Kier alpha value is -2.18. The molecule has 1 N–H and O–H groups in total. The van der Waals surface area contributed by atoms with Crippen LogP contribution in [0.15, 0.2) is 46.4 Å². The molecule has 3 heterocycles. The van der Waals surface area contributed by atoms with E-state index in [4.69, 9.17) is 14.4 Å². The van der Waals surface area contributed by atoms with Crippen molar-refractivity contribution >= 4 is 11.3 Å². The molecule has 0 saturated carbocycles. The number of aliphatic hydroxyl groups is 1. The van der Waals surface area contributed by atoms with E-state index in [9.17, 15) is 0 Å². The highest BCUT2D eigenvalue weighted by atomic mass is 32.1. The summed E-state index contributed by atoms with van der Waals surface area (Å²) in [5, 5.41) is 14.9. The third-order valence-corrected chi connectivity index (χ3v) is 3.55. The normalized spacial score (nSPS) is 10.7. The van der Waals surface area contributed by atoms with E-state index in [1.165, 1.54) is 0 Å². The highest BCUT2D eigenvalue weighted by Crippen LogP contribution is 2.25. The van der Waals surface area contributed by atoms with Gasteiger partial charge in [-0.3, -0.25) is 4.98 Å². The number of rotatable bonds is 5. The van der Waals surface area contributed by atoms with Gasteiger partial charge in [0.15, 0.2) is 5.76 Å². The smallest absolute Gasteiger partial charge is 0.177 e. The molecule has 20 heavy (non-hydrogen) atoms. The maximum Gasteiger partial charge on any atom is 0.177 e. The maximum absolute atomic E-state index is 8.90. The SMILES string of the molecule is OCc1ccc(OCc2cc(-c3cccs3)on2)cn1. The third-order valence-electron chi connectivity index (χ3n) is 2.67. The van der Waals surface area contributed by atoms with Crippen LogP contribution in [-0.2, 0) is 13.2 Å². The summed E-state index contributed by atoms with van der Waals surface area (Å²) >= 11 is 1.60. The van der Waals surface area contributed by atoms with Crippen LogP contribution < -0.4 is 4.74 Å². The van der Waals surface area contributed by atoms with Gasteiger partial charge in [-0.25, -0.2) is 0 Å². The fraction of sp³-hybridized carbons (Fsp3) is 0.143. The minimum atomic E-state index is -0.0757. The first kappa shape index (κ1) is 12.8. The highest BCUT2D eigenvalue weighted by molar-refractivity contribution is 7.13. The molecule has 0 unspecified atom stereocenters. The summed E-state index contributed by atoms with van der Waals surface area (Å²) in [4.78, 5) is 5.08. The summed E-state index contributed by atoms with van der Waals surface area (Å²) < 4.78 is 10.8. The fourth-order valence-corrected chi connectivity index (χ4v) is 2.34. The summed E-state index contributed by atoms with van der Waals surface area (Å²) in [6.07, 6.45) is 1.58. The summed E-state index contributed by atoms with van der Waals surface area (Å²) in [6, 6.07) is 9.29. The fourth-order valence-electron chi connectivity index (χ4n) is 1.66. The van der Waals surface area contributed by atoms with E-state index >= 15 is 0 Å². The highest BCUT2D eigenvalue weighted by Gasteiger charge is 2.08.